The molecule has 0 aromatic heterocycles. The normalized spacial score (nSPS) is 13.3. The van der Waals surface area contributed by atoms with E-state index >= 15 is 0 Å². The highest BCUT2D eigenvalue weighted by molar-refractivity contribution is 9.10. The summed E-state index contributed by atoms with van der Waals surface area (Å²) in [4.78, 5) is 0. The smallest absolute Gasteiger partial charge is 0.246 e. The van der Waals surface area contributed by atoms with E-state index in [0.717, 1.165) is 4.47 Å². The van der Waals surface area contributed by atoms with Crippen molar-refractivity contribution in [2.24, 2.45) is 5.73 Å². The minimum Gasteiger partial charge on any atom is -0.330 e. The van der Waals surface area contributed by atoms with Crippen LogP contribution in [0.5, 0.6) is 0 Å². The van der Waals surface area contributed by atoms with Crippen LogP contribution >= 0.6 is 15.9 Å². The van der Waals surface area contributed by atoms with Gasteiger partial charge >= 0.3 is 0 Å². The molecule has 1 atom stereocenters. The predicted octanol–water partition coefficient (Wildman–Crippen LogP) is 2.76. The molecule has 0 heterocycles. The first kappa shape index (κ1) is 10.6. The highest BCUT2D eigenvalue weighted by Gasteiger charge is 2.20. The summed E-state index contributed by atoms with van der Waals surface area (Å²) in [5.41, 5.74) is 5.84. The molecule has 0 bridgehead atoms. The van der Waals surface area contributed by atoms with Crippen LogP contribution < -0.4 is 5.73 Å². The third kappa shape index (κ3) is 2.74. The summed E-state index contributed by atoms with van der Waals surface area (Å²) in [5, 5.41) is 0. The molecule has 0 spiro atoms. The minimum absolute atomic E-state index is 0.0336. The second kappa shape index (κ2) is 4.67. The van der Waals surface area contributed by atoms with E-state index in [9.17, 15) is 8.78 Å². The number of benzene rings is 1. The van der Waals surface area contributed by atoms with Gasteiger partial charge < -0.3 is 5.73 Å². The van der Waals surface area contributed by atoms with Crippen molar-refractivity contribution < 1.29 is 8.78 Å². The average Bonchev–Trinajstić information content (AvgIpc) is 2.04. The van der Waals surface area contributed by atoms with E-state index in [1.165, 1.54) is 0 Å². The van der Waals surface area contributed by atoms with E-state index in [4.69, 9.17) is 5.73 Å². The number of halogens is 3. The second-order valence-corrected chi connectivity index (χ2v) is 3.65. The standard InChI is InChI=1S/C9H10BrF2N/c10-7-3-1-2-6(4-7)8(5-13)9(11)12/h1-4,8-9H,5,13H2. The van der Waals surface area contributed by atoms with Crippen LogP contribution in [-0.4, -0.2) is 13.0 Å². The largest absolute Gasteiger partial charge is 0.330 e. The Labute approximate surface area is 84.1 Å². The Hall–Kier alpha value is -0.480. The molecule has 0 saturated heterocycles. The van der Waals surface area contributed by atoms with Gasteiger partial charge in [-0.15, -0.1) is 0 Å². The average molecular weight is 250 g/mol. The summed E-state index contributed by atoms with van der Waals surface area (Å²) in [5.74, 6) is -0.863. The van der Waals surface area contributed by atoms with Crippen molar-refractivity contribution >= 4 is 15.9 Å². The fraction of sp³-hybridized carbons (Fsp3) is 0.333. The van der Waals surface area contributed by atoms with Crippen molar-refractivity contribution in [3.05, 3.63) is 34.3 Å². The first-order valence-electron chi connectivity index (χ1n) is 3.89. The van der Waals surface area contributed by atoms with Crippen molar-refractivity contribution in [2.75, 3.05) is 6.54 Å². The third-order valence-electron chi connectivity index (χ3n) is 1.83. The van der Waals surface area contributed by atoms with E-state index in [2.05, 4.69) is 15.9 Å². The maximum atomic E-state index is 12.4. The Bertz CT molecular complexity index is 278. The molecule has 0 aliphatic carbocycles. The zero-order valence-electron chi connectivity index (χ0n) is 6.88. The van der Waals surface area contributed by atoms with Crippen LogP contribution in [0.2, 0.25) is 0 Å². The molecule has 1 unspecified atom stereocenters. The fourth-order valence-electron chi connectivity index (χ4n) is 1.12. The van der Waals surface area contributed by atoms with Gasteiger partial charge in [0.2, 0.25) is 6.43 Å². The quantitative estimate of drug-likeness (QED) is 0.876. The lowest BCUT2D eigenvalue weighted by Crippen LogP contribution is -2.19. The topological polar surface area (TPSA) is 26.0 Å². The van der Waals surface area contributed by atoms with E-state index in [1.54, 1.807) is 24.3 Å². The highest BCUT2D eigenvalue weighted by Crippen LogP contribution is 2.24. The summed E-state index contributed by atoms with van der Waals surface area (Å²) in [6, 6.07) is 6.85. The number of nitrogens with two attached hydrogens (primary N) is 1. The number of rotatable bonds is 3. The minimum atomic E-state index is -2.40. The molecular formula is C9H10BrF2N. The van der Waals surface area contributed by atoms with Gasteiger partial charge in [0.1, 0.15) is 0 Å². The van der Waals surface area contributed by atoms with Crippen LogP contribution in [-0.2, 0) is 0 Å². The molecule has 13 heavy (non-hydrogen) atoms. The van der Waals surface area contributed by atoms with Crippen molar-refractivity contribution in [2.45, 2.75) is 12.3 Å². The maximum Gasteiger partial charge on any atom is 0.246 e. The van der Waals surface area contributed by atoms with E-state index in [-0.39, 0.29) is 6.54 Å². The SMILES string of the molecule is NCC(c1cccc(Br)c1)C(F)F. The molecule has 1 rings (SSSR count). The molecule has 1 aromatic rings. The van der Waals surface area contributed by atoms with Crippen molar-refractivity contribution in [1.82, 2.24) is 0 Å². The van der Waals surface area contributed by atoms with Crippen molar-refractivity contribution in [1.29, 1.82) is 0 Å². The zero-order chi connectivity index (χ0) is 9.84. The van der Waals surface area contributed by atoms with Gasteiger partial charge in [-0.1, -0.05) is 28.1 Å². The molecule has 72 valence electrons. The highest BCUT2D eigenvalue weighted by atomic mass is 79.9. The summed E-state index contributed by atoms with van der Waals surface area (Å²) in [6.07, 6.45) is -2.40. The molecule has 0 fully saturated rings. The summed E-state index contributed by atoms with van der Waals surface area (Å²) in [7, 11) is 0. The van der Waals surface area contributed by atoms with E-state index < -0.39 is 12.3 Å². The van der Waals surface area contributed by atoms with Gasteiger partial charge in [0, 0.05) is 11.0 Å². The van der Waals surface area contributed by atoms with Gasteiger partial charge in [0.25, 0.3) is 0 Å². The van der Waals surface area contributed by atoms with Gasteiger partial charge in [0.15, 0.2) is 0 Å². The molecule has 4 heteroatoms. The Morgan fingerprint density at radius 2 is 2.08 bits per heavy atom. The lowest BCUT2D eigenvalue weighted by Gasteiger charge is -2.13. The third-order valence-corrected chi connectivity index (χ3v) is 2.33. The molecular weight excluding hydrogens is 240 g/mol. The van der Waals surface area contributed by atoms with E-state index in [0.29, 0.717) is 5.56 Å². The lowest BCUT2D eigenvalue weighted by molar-refractivity contribution is 0.117. The number of hydrogen-bond acceptors (Lipinski definition) is 1. The van der Waals surface area contributed by atoms with Crippen LogP contribution in [0.4, 0.5) is 8.78 Å². The summed E-state index contributed by atoms with van der Waals surface area (Å²) < 4.78 is 25.6. The van der Waals surface area contributed by atoms with Crippen LogP contribution in [0.3, 0.4) is 0 Å². The molecule has 1 nitrogen and oxygen atoms in total. The monoisotopic (exact) mass is 249 g/mol. The molecule has 0 amide bonds. The Kier molecular flexibility index (Phi) is 3.81. The van der Waals surface area contributed by atoms with Crippen molar-refractivity contribution in [3.63, 3.8) is 0 Å². The zero-order valence-corrected chi connectivity index (χ0v) is 8.47. The fourth-order valence-corrected chi connectivity index (χ4v) is 1.54. The van der Waals surface area contributed by atoms with Gasteiger partial charge in [0.05, 0.1) is 5.92 Å². The lowest BCUT2D eigenvalue weighted by atomic mass is 10.0. The Morgan fingerprint density at radius 3 is 2.54 bits per heavy atom. The van der Waals surface area contributed by atoms with Crippen molar-refractivity contribution in [3.8, 4) is 0 Å². The molecule has 0 radical (unpaired) electrons. The predicted molar refractivity (Wildman–Crippen MR) is 51.9 cm³/mol. The van der Waals surface area contributed by atoms with Gasteiger partial charge in [-0.05, 0) is 17.7 Å². The number of hydrogen-bond donors (Lipinski definition) is 1. The van der Waals surface area contributed by atoms with Gasteiger partial charge in [-0.2, -0.15) is 0 Å². The number of alkyl halides is 2. The molecule has 1 aromatic carbocycles. The van der Waals surface area contributed by atoms with Gasteiger partial charge in [-0.25, -0.2) is 8.78 Å². The second-order valence-electron chi connectivity index (χ2n) is 2.73. The summed E-state index contributed by atoms with van der Waals surface area (Å²) in [6.45, 7) is -0.0336. The first-order valence-corrected chi connectivity index (χ1v) is 4.68. The maximum absolute atomic E-state index is 12.4. The summed E-state index contributed by atoms with van der Waals surface area (Å²) >= 11 is 3.22. The Balaban J connectivity index is 2.91. The molecule has 2 N–H and O–H groups in total. The van der Waals surface area contributed by atoms with Crippen LogP contribution in [0.15, 0.2) is 28.7 Å². The molecule has 0 saturated carbocycles. The van der Waals surface area contributed by atoms with E-state index in [1.807, 2.05) is 0 Å². The van der Waals surface area contributed by atoms with Crippen LogP contribution in [0.25, 0.3) is 0 Å². The molecule has 0 aliphatic rings. The Morgan fingerprint density at radius 1 is 1.38 bits per heavy atom. The van der Waals surface area contributed by atoms with Crippen LogP contribution in [0.1, 0.15) is 11.5 Å². The van der Waals surface area contributed by atoms with Crippen LogP contribution in [0, 0.1) is 0 Å². The van der Waals surface area contributed by atoms with Gasteiger partial charge in [-0.3, -0.25) is 0 Å². The first-order chi connectivity index (χ1) is 6.15. The molecule has 0 aliphatic heterocycles.